The lowest BCUT2D eigenvalue weighted by Crippen LogP contribution is -1.86. The van der Waals surface area contributed by atoms with Gasteiger partial charge in [0.05, 0.1) is 27.7 Å². The van der Waals surface area contributed by atoms with Gasteiger partial charge in [-0.25, -0.2) is 9.97 Å². The molecule has 7 heteroatoms. The van der Waals surface area contributed by atoms with E-state index in [0.717, 1.165) is 65.1 Å². The first kappa shape index (κ1) is 22.8. The van der Waals surface area contributed by atoms with Crippen molar-refractivity contribution in [1.82, 2.24) is 19.9 Å². The van der Waals surface area contributed by atoms with E-state index in [-0.39, 0.29) is 10.6 Å². The second kappa shape index (κ2) is 8.98. The normalized spacial score (nSPS) is 13.6. The Morgan fingerprint density at radius 2 is 1.14 bits per heavy atom. The van der Waals surface area contributed by atoms with Crippen molar-refractivity contribution in [2.24, 2.45) is 0 Å². The minimum Gasteiger partial charge on any atom is -0.355 e. The van der Waals surface area contributed by atoms with Crippen LogP contribution in [-0.4, -0.2) is 24.9 Å². The number of aromatic amines is 2. The lowest BCUT2D eigenvalue weighted by Gasteiger charge is -2.04. The van der Waals surface area contributed by atoms with Gasteiger partial charge in [0.25, 0.3) is 5.69 Å². The van der Waals surface area contributed by atoms with Gasteiger partial charge in [-0.15, -0.1) is 0 Å². The zero-order valence-corrected chi connectivity index (χ0v) is 20.5. The summed E-state index contributed by atoms with van der Waals surface area (Å²) in [7, 11) is 0. The molecule has 35 heavy (non-hydrogen) atoms. The average Bonchev–Trinajstić information content (AvgIpc) is 3.59. The first-order valence-electron chi connectivity index (χ1n) is 12.3. The van der Waals surface area contributed by atoms with Gasteiger partial charge in [0.2, 0.25) is 0 Å². The number of fused-ring (bicyclic) bond motifs is 8. The van der Waals surface area contributed by atoms with Crippen LogP contribution < -0.4 is 0 Å². The van der Waals surface area contributed by atoms with E-state index in [2.05, 4.69) is 49.8 Å². The quantitative estimate of drug-likeness (QED) is 0.297. The number of allylic oxidation sites excluding steroid dienone is 4. The van der Waals surface area contributed by atoms with E-state index < -0.39 is 0 Å². The van der Waals surface area contributed by atoms with Gasteiger partial charge in [0.15, 0.2) is 0 Å². The number of rotatable bonds is 5. The molecule has 0 saturated heterocycles. The van der Waals surface area contributed by atoms with Gasteiger partial charge >= 0.3 is 0 Å². The molecule has 7 nitrogen and oxygen atoms in total. The Morgan fingerprint density at radius 3 is 1.66 bits per heavy atom. The molecule has 0 saturated carbocycles. The van der Waals surface area contributed by atoms with Gasteiger partial charge in [-0.2, -0.15) is 0 Å². The zero-order chi connectivity index (χ0) is 24.7. The minimum atomic E-state index is -0.348. The van der Waals surface area contributed by atoms with E-state index in [1.165, 1.54) is 16.7 Å². The maximum absolute atomic E-state index is 11.8. The molecule has 0 spiro atoms. The number of aromatic nitrogens is 4. The molecule has 8 bridgehead atoms. The molecule has 0 aliphatic carbocycles. The monoisotopic (exact) mass is 467 g/mol. The van der Waals surface area contributed by atoms with E-state index in [1.807, 2.05) is 24.3 Å². The summed E-state index contributed by atoms with van der Waals surface area (Å²) in [4.78, 5) is 28.1. The Balaban J connectivity index is 1.94. The first-order chi connectivity index (χ1) is 16.9. The fraction of sp³-hybridized carbons (Fsp3) is 0.286. The summed E-state index contributed by atoms with van der Waals surface area (Å²) < 4.78 is 0. The summed E-state index contributed by atoms with van der Waals surface area (Å²) in [6.07, 6.45) is 3.41. The molecule has 5 heterocycles. The topological polar surface area (TPSA) is 100 Å². The molecule has 0 aromatic carbocycles. The van der Waals surface area contributed by atoms with Crippen LogP contribution in [-0.2, 0) is 0 Å². The summed E-state index contributed by atoms with van der Waals surface area (Å²) >= 11 is 0. The Morgan fingerprint density at radius 1 is 0.657 bits per heavy atom. The van der Waals surface area contributed by atoms with Crippen molar-refractivity contribution in [3.63, 3.8) is 0 Å². The van der Waals surface area contributed by atoms with Crippen LogP contribution in [0, 0.1) is 10.1 Å². The Kier molecular flexibility index (Phi) is 5.84. The van der Waals surface area contributed by atoms with Gasteiger partial charge in [-0.05, 0) is 84.4 Å². The van der Waals surface area contributed by atoms with E-state index in [4.69, 9.17) is 9.97 Å². The first-order valence-corrected chi connectivity index (χ1v) is 12.3. The van der Waals surface area contributed by atoms with Gasteiger partial charge < -0.3 is 9.97 Å². The molecule has 0 atom stereocenters. The Hall–Kier alpha value is -4.00. The highest BCUT2D eigenvalue weighted by Crippen LogP contribution is 2.38. The van der Waals surface area contributed by atoms with E-state index >= 15 is 0 Å². The number of hydrogen-bond donors (Lipinski definition) is 2. The van der Waals surface area contributed by atoms with Crippen LogP contribution in [0.25, 0.3) is 44.4 Å². The van der Waals surface area contributed by atoms with E-state index in [0.29, 0.717) is 11.0 Å². The highest BCUT2D eigenvalue weighted by Gasteiger charge is 2.22. The van der Waals surface area contributed by atoms with Gasteiger partial charge in [0.1, 0.15) is 5.52 Å². The maximum Gasteiger partial charge on any atom is 0.294 e. The molecule has 178 valence electrons. The maximum atomic E-state index is 11.8. The predicted octanol–water partition coefficient (Wildman–Crippen LogP) is 7.68. The highest BCUT2D eigenvalue weighted by molar-refractivity contribution is 5.96. The molecule has 2 N–H and O–H groups in total. The van der Waals surface area contributed by atoms with E-state index in [1.54, 1.807) is 6.07 Å². The number of hydrogen-bond acceptors (Lipinski definition) is 4. The second-order valence-electron chi connectivity index (χ2n) is 8.82. The molecular weight excluding hydrogens is 438 g/mol. The zero-order valence-electron chi connectivity index (χ0n) is 20.5. The summed E-state index contributed by atoms with van der Waals surface area (Å²) in [5, 5.41) is 11.8. The van der Waals surface area contributed by atoms with Gasteiger partial charge in [-0.1, -0.05) is 27.7 Å². The molecular formula is C28H29N5O2. The number of nitro groups is 1. The third-order valence-corrected chi connectivity index (χ3v) is 6.79. The number of nitrogens with zero attached hydrogens (tertiary/aromatic N) is 3. The van der Waals surface area contributed by atoms with Crippen molar-refractivity contribution in [1.29, 1.82) is 0 Å². The molecule has 2 aliphatic heterocycles. The minimum absolute atomic E-state index is 0.0373. The lowest BCUT2D eigenvalue weighted by atomic mass is 9.98. The number of nitrogens with one attached hydrogen (secondary N) is 2. The van der Waals surface area contributed by atoms with E-state index in [9.17, 15) is 10.1 Å². The summed E-state index contributed by atoms with van der Waals surface area (Å²) in [5.74, 6) is 0. The molecule has 5 rings (SSSR count). The van der Waals surface area contributed by atoms with Crippen molar-refractivity contribution in [2.45, 2.75) is 53.4 Å². The fourth-order valence-electron chi connectivity index (χ4n) is 5.20. The summed E-state index contributed by atoms with van der Waals surface area (Å²) in [6.45, 7) is 8.57. The smallest absolute Gasteiger partial charge is 0.294 e. The van der Waals surface area contributed by atoms with Crippen LogP contribution in [0.3, 0.4) is 0 Å². The van der Waals surface area contributed by atoms with Crippen molar-refractivity contribution in [2.75, 3.05) is 0 Å². The van der Waals surface area contributed by atoms with Crippen LogP contribution in [0.5, 0.6) is 0 Å². The van der Waals surface area contributed by atoms with Crippen LogP contribution in [0.1, 0.15) is 76.2 Å². The number of H-pyrrole nitrogens is 2. The van der Waals surface area contributed by atoms with Crippen molar-refractivity contribution >= 4 is 50.0 Å². The standard InChI is InChI=1S/C28H29N5O2/c1-5-19-20(6-2)24-14-25-21(7-3)22(8-4)26(32-25)15-27-28(33(34)35)13-18(30-27)11-16-9-10-17(29-16)12-23(19)31-24/h9-15,29-30H,5-8H2,1-4H3. The van der Waals surface area contributed by atoms with Crippen LogP contribution in [0.4, 0.5) is 5.69 Å². The summed E-state index contributed by atoms with van der Waals surface area (Å²) in [5.41, 5.74) is 11.3. The lowest BCUT2D eigenvalue weighted by molar-refractivity contribution is -0.382. The van der Waals surface area contributed by atoms with Crippen LogP contribution in [0.15, 0.2) is 42.5 Å². The van der Waals surface area contributed by atoms with Gasteiger partial charge in [0, 0.05) is 22.6 Å². The van der Waals surface area contributed by atoms with Crippen LogP contribution >= 0.6 is 0 Å². The SMILES string of the molecule is CCC1=C(CC)c2cc3ccc(cc4cc([N+](=O)[O-])c(cc5nc(cc1n2)C(CC)=C5CC)[nH]4)[nH]3. The highest BCUT2D eigenvalue weighted by atomic mass is 16.6. The van der Waals surface area contributed by atoms with Gasteiger partial charge in [-0.3, -0.25) is 10.1 Å². The molecule has 0 unspecified atom stereocenters. The molecule has 2 aliphatic rings. The average molecular weight is 468 g/mol. The van der Waals surface area contributed by atoms with Crippen molar-refractivity contribution in [3.8, 4) is 0 Å². The fourth-order valence-corrected chi connectivity index (χ4v) is 5.20. The Labute approximate surface area is 203 Å². The van der Waals surface area contributed by atoms with Crippen molar-refractivity contribution in [3.05, 3.63) is 75.4 Å². The molecule has 3 aromatic heterocycles. The molecule has 0 radical (unpaired) electrons. The predicted molar refractivity (Wildman–Crippen MR) is 142 cm³/mol. The summed E-state index contributed by atoms with van der Waals surface area (Å²) in [6, 6.07) is 13.4. The molecule has 0 amide bonds. The van der Waals surface area contributed by atoms with Crippen LogP contribution in [0.2, 0.25) is 0 Å². The third-order valence-electron chi connectivity index (χ3n) is 6.79. The molecule has 3 aromatic rings. The third kappa shape index (κ3) is 3.97. The van der Waals surface area contributed by atoms with Crippen molar-refractivity contribution < 1.29 is 4.92 Å². The molecule has 0 fully saturated rings. The largest absolute Gasteiger partial charge is 0.355 e. The Bertz CT molecular complexity index is 1570. The second-order valence-corrected chi connectivity index (χ2v) is 8.82.